The Morgan fingerprint density at radius 2 is 1.33 bits per heavy atom. The molecule has 0 unspecified atom stereocenters. The molecule has 3 N–H and O–H groups in total. The standard InChI is InChI=1S/C14H8O4/c15-7-1-3-9-11(5-7)14(18)10-4-2-8(16)6-12(10)13(9)17/h1-6,15-16H/p+1. The van der Waals surface area contributed by atoms with Crippen LogP contribution in [0.15, 0.2) is 36.4 Å². The fourth-order valence-corrected chi connectivity index (χ4v) is 2.14. The van der Waals surface area contributed by atoms with Gasteiger partial charge in [0.05, 0.1) is 0 Å². The molecule has 1 aliphatic carbocycles. The van der Waals surface area contributed by atoms with E-state index in [2.05, 4.69) is 0 Å². The van der Waals surface area contributed by atoms with E-state index < -0.39 is 0 Å². The maximum Gasteiger partial charge on any atom is 0.254 e. The van der Waals surface area contributed by atoms with Gasteiger partial charge < -0.3 is 10.2 Å². The van der Waals surface area contributed by atoms with E-state index in [4.69, 9.17) is 5.11 Å². The lowest BCUT2D eigenvalue weighted by Gasteiger charge is -2.16. The zero-order chi connectivity index (χ0) is 12.9. The van der Waals surface area contributed by atoms with Crippen LogP contribution in [0.4, 0.5) is 0 Å². The number of ketones is 2. The average Bonchev–Trinajstić information content (AvgIpc) is 2.36. The van der Waals surface area contributed by atoms with Gasteiger partial charge in [-0.05, 0) is 24.3 Å². The number of rotatable bonds is 0. The number of carbonyl (C=O) groups is 2. The van der Waals surface area contributed by atoms with Crippen LogP contribution >= 0.6 is 0 Å². The van der Waals surface area contributed by atoms with Gasteiger partial charge in [-0.25, -0.2) is 0 Å². The smallest absolute Gasteiger partial charge is 0.254 e. The minimum absolute atomic E-state index is 0.0459. The van der Waals surface area contributed by atoms with Crippen LogP contribution in [0.2, 0.25) is 0 Å². The van der Waals surface area contributed by atoms with Crippen LogP contribution in [-0.4, -0.2) is 21.8 Å². The summed E-state index contributed by atoms with van der Waals surface area (Å²) in [6.07, 6.45) is 0. The van der Waals surface area contributed by atoms with Gasteiger partial charge in [0.15, 0.2) is 11.6 Å². The van der Waals surface area contributed by atoms with E-state index in [0.717, 1.165) is 0 Å². The van der Waals surface area contributed by atoms with E-state index >= 15 is 0 Å². The van der Waals surface area contributed by atoms with Crippen LogP contribution in [0.25, 0.3) is 0 Å². The molecular formula is C14H9O4+. The van der Waals surface area contributed by atoms with Crippen molar-refractivity contribution in [2.75, 3.05) is 0 Å². The fourth-order valence-electron chi connectivity index (χ4n) is 2.14. The molecule has 18 heavy (non-hydrogen) atoms. The Hall–Kier alpha value is -2.62. The Bertz CT molecular complexity index is 639. The molecule has 0 amide bonds. The van der Waals surface area contributed by atoms with Crippen molar-refractivity contribution in [3.05, 3.63) is 58.7 Å². The first-order valence-corrected chi connectivity index (χ1v) is 5.36. The number of phenolic OH excluding ortho intramolecular Hbond substituents is 1. The van der Waals surface area contributed by atoms with E-state index in [1.807, 2.05) is 0 Å². The monoisotopic (exact) mass is 241 g/mol. The van der Waals surface area contributed by atoms with Gasteiger partial charge in [-0.2, -0.15) is 0 Å². The molecule has 0 radical (unpaired) electrons. The number of carbonyl (C=O) groups excluding carboxylic acids is 2. The molecule has 4 heteroatoms. The van der Waals surface area contributed by atoms with E-state index in [0.29, 0.717) is 0 Å². The molecule has 0 atom stereocenters. The zero-order valence-corrected chi connectivity index (χ0v) is 9.23. The topological polar surface area (TPSA) is 77.3 Å². The second-order valence-electron chi connectivity index (χ2n) is 4.15. The highest BCUT2D eigenvalue weighted by Crippen LogP contribution is 2.31. The van der Waals surface area contributed by atoms with Crippen LogP contribution < -0.4 is 0 Å². The van der Waals surface area contributed by atoms with Crippen LogP contribution in [-0.2, 0) is 0 Å². The van der Waals surface area contributed by atoms with Gasteiger partial charge in [-0.15, -0.1) is 0 Å². The lowest BCUT2D eigenvalue weighted by atomic mass is 9.84. The first-order valence-electron chi connectivity index (χ1n) is 5.36. The van der Waals surface area contributed by atoms with Crippen molar-refractivity contribution in [3.8, 4) is 11.5 Å². The number of hydrogen-bond acceptors (Lipinski definition) is 3. The molecule has 3 rings (SSSR count). The van der Waals surface area contributed by atoms with Crippen molar-refractivity contribution in [3.63, 3.8) is 0 Å². The maximum absolute atomic E-state index is 12.2. The number of fused-ring (bicyclic) bond motifs is 2. The molecule has 0 heterocycles. The Morgan fingerprint density at radius 3 is 2.00 bits per heavy atom. The summed E-state index contributed by atoms with van der Waals surface area (Å²) in [7, 11) is 0. The van der Waals surface area contributed by atoms with Crippen LogP contribution in [0.1, 0.15) is 31.8 Å². The van der Waals surface area contributed by atoms with Gasteiger partial charge in [0.25, 0.3) is 5.75 Å². The minimum Gasteiger partial charge on any atom is -0.593 e. The summed E-state index contributed by atoms with van der Waals surface area (Å²) in [5.74, 6) is -0.434. The summed E-state index contributed by atoms with van der Waals surface area (Å²) < 4.78 is 0. The van der Waals surface area contributed by atoms with Crippen molar-refractivity contribution in [1.29, 1.82) is 0 Å². The number of benzene rings is 2. The van der Waals surface area contributed by atoms with Gasteiger partial charge in [0.1, 0.15) is 5.75 Å². The second-order valence-corrected chi connectivity index (χ2v) is 4.15. The van der Waals surface area contributed by atoms with Crippen LogP contribution in [0.3, 0.4) is 0 Å². The second kappa shape index (κ2) is 3.43. The first-order chi connectivity index (χ1) is 8.58. The molecule has 0 fully saturated rings. The Balaban J connectivity index is 2.31. The van der Waals surface area contributed by atoms with Crippen molar-refractivity contribution in [2.45, 2.75) is 0 Å². The molecule has 4 nitrogen and oxygen atoms in total. The van der Waals surface area contributed by atoms with E-state index in [1.165, 1.54) is 36.4 Å². The number of aromatic hydroxyl groups is 1. The molecule has 0 saturated carbocycles. The normalized spacial score (nSPS) is 13.1. The Kier molecular flexibility index (Phi) is 2.01. The third-order valence-electron chi connectivity index (χ3n) is 3.00. The summed E-state index contributed by atoms with van der Waals surface area (Å²) >= 11 is 0. The number of phenols is 1. The van der Waals surface area contributed by atoms with Crippen LogP contribution in [0, 0.1) is 0 Å². The van der Waals surface area contributed by atoms with Gasteiger partial charge >= 0.3 is 0 Å². The molecule has 2 aromatic rings. The first kappa shape index (κ1) is 10.5. The molecular weight excluding hydrogens is 232 g/mol. The molecule has 0 aromatic heterocycles. The largest absolute Gasteiger partial charge is 0.593 e. The van der Waals surface area contributed by atoms with E-state index in [1.54, 1.807) is 0 Å². The number of hydrogen-bond donors (Lipinski definition) is 1. The minimum atomic E-state index is -0.296. The average molecular weight is 241 g/mol. The zero-order valence-electron chi connectivity index (χ0n) is 9.23. The van der Waals surface area contributed by atoms with Gasteiger partial charge in [-0.1, -0.05) is 0 Å². The molecule has 1 aliphatic rings. The molecule has 0 saturated heterocycles. The third kappa shape index (κ3) is 1.32. The Morgan fingerprint density at radius 1 is 0.778 bits per heavy atom. The highest BCUT2D eigenvalue weighted by atomic mass is 16.3. The summed E-state index contributed by atoms with van der Waals surface area (Å²) in [6, 6.07) is 8.45. The van der Waals surface area contributed by atoms with Crippen molar-refractivity contribution in [2.24, 2.45) is 0 Å². The van der Waals surface area contributed by atoms with Crippen LogP contribution in [0.5, 0.6) is 11.5 Å². The lowest BCUT2D eigenvalue weighted by Crippen LogP contribution is -2.20. The molecule has 0 bridgehead atoms. The summed E-state index contributed by atoms with van der Waals surface area (Å²) in [5.41, 5.74) is 1.03. The van der Waals surface area contributed by atoms with E-state index in [9.17, 15) is 14.7 Å². The lowest BCUT2D eigenvalue weighted by molar-refractivity contribution is 0.0978. The van der Waals surface area contributed by atoms with Gasteiger partial charge in [0, 0.05) is 34.4 Å². The highest BCUT2D eigenvalue weighted by Gasteiger charge is 2.30. The summed E-state index contributed by atoms with van der Waals surface area (Å²) in [4.78, 5) is 24.4. The third-order valence-corrected chi connectivity index (χ3v) is 3.00. The summed E-state index contributed by atoms with van der Waals surface area (Å²) in [6.45, 7) is 0. The summed E-state index contributed by atoms with van der Waals surface area (Å²) in [5, 5.41) is 16.9. The predicted molar refractivity (Wildman–Crippen MR) is 64.5 cm³/mol. The predicted octanol–water partition coefficient (Wildman–Crippen LogP) is 1.61. The molecule has 2 aromatic carbocycles. The molecule has 0 spiro atoms. The Labute approximate surface area is 102 Å². The fraction of sp³-hybridized carbons (Fsp3) is 0. The SMILES string of the molecule is O=C1c2ccc([OH2+])cc2C(=O)c2ccc(O)cc21. The van der Waals surface area contributed by atoms with Crippen molar-refractivity contribution in [1.82, 2.24) is 0 Å². The van der Waals surface area contributed by atoms with Crippen molar-refractivity contribution < 1.29 is 19.8 Å². The highest BCUT2D eigenvalue weighted by molar-refractivity contribution is 6.28. The quantitative estimate of drug-likeness (QED) is 0.607. The van der Waals surface area contributed by atoms with Crippen molar-refractivity contribution >= 4 is 11.6 Å². The van der Waals surface area contributed by atoms with E-state index in [-0.39, 0.29) is 45.3 Å². The maximum atomic E-state index is 12.2. The van der Waals surface area contributed by atoms with Gasteiger partial charge in [0.2, 0.25) is 0 Å². The molecule has 0 aliphatic heterocycles. The van der Waals surface area contributed by atoms with Gasteiger partial charge in [-0.3, -0.25) is 9.59 Å². The molecule has 88 valence electrons.